The van der Waals surface area contributed by atoms with Crippen LogP contribution in [-0.2, 0) is 16.6 Å². The predicted octanol–water partition coefficient (Wildman–Crippen LogP) is -0.773. The highest BCUT2D eigenvalue weighted by Gasteiger charge is 2.34. The summed E-state index contributed by atoms with van der Waals surface area (Å²) in [6.07, 6.45) is 1.23. The number of amides is 3. The first-order chi connectivity index (χ1) is 9.47. The number of anilines is 1. The number of carbonyl (C=O) groups excluding carboxylic acids is 2. The minimum atomic E-state index is -1.14. The van der Waals surface area contributed by atoms with Crippen molar-refractivity contribution in [3.8, 4) is 0 Å². The van der Waals surface area contributed by atoms with Gasteiger partial charge in [0, 0.05) is 32.4 Å². The van der Waals surface area contributed by atoms with Gasteiger partial charge in [-0.25, -0.2) is 4.79 Å². The Balaban J connectivity index is 2.08. The van der Waals surface area contributed by atoms with E-state index in [0.717, 1.165) is 0 Å². The normalized spacial score (nSPS) is 18.6. The molecule has 9 heteroatoms. The van der Waals surface area contributed by atoms with Crippen molar-refractivity contribution in [2.75, 3.05) is 18.4 Å². The SMILES string of the molecule is Cn1ccc(NC(=O)N2CCNC(=O)C2CC(=O)O)n1. The minimum absolute atomic E-state index is 0.252. The molecule has 1 aliphatic heterocycles. The summed E-state index contributed by atoms with van der Waals surface area (Å²) in [7, 11) is 1.71. The third kappa shape index (κ3) is 3.05. The van der Waals surface area contributed by atoms with Crippen LogP contribution in [0.25, 0.3) is 0 Å². The molecule has 20 heavy (non-hydrogen) atoms. The van der Waals surface area contributed by atoms with Gasteiger partial charge in [-0.05, 0) is 0 Å². The van der Waals surface area contributed by atoms with Gasteiger partial charge in [0.25, 0.3) is 0 Å². The van der Waals surface area contributed by atoms with Crippen LogP contribution in [0.1, 0.15) is 6.42 Å². The van der Waals surface area contributed by atoms with Gasteiger partial charge in [0.15, 0.2) is 5.82 Å². The van der Waals surface area contributed by atoms with Crippen LogP contribution < -0.4 is 10.6 Å². The Bertz CT molecular complexity index is 541. The molecule has 0 saturated carbocycles. The molecule has 9 nitrogen and oxygen atoms in total. The topological polar surface area (TPSA) is 117 Å². The zero-order chi connectivity index (χ0) is 14.7. The van der Waals surface area contributed by atoms with Crippen molar-refractivity contribution < 1.29 is 19.5 Å². The molecule has 108 valence electrons. The molecule has 2 heterocycles. The number of aryl methyl sites for hydroxylation is 1. The molecular weight excluding hydrogens is 266 g/mol. The zero-order valence-corrected chi connectivity index (χ0v) is 10.9. The number of rotatable bonds is 3. The number of aromatic nitrogens is 2. The smallest absolute Gasteiger partial charge is 0.323 e. The number of carboxylic acid groups (broad SMARTS) is 1. The van der Waals surface area contributed by atoms with Crippen molar-refractivity contribution in [2.24, 2.45) is 7.05 Å². The molecule has 0 spiro atoms. The van der Waals surface area contributed by atoms with E-state index in [-0.39, 0.29) is 6.54 Å². The predicted molar refractivity (Wildman–Crippen MR) is 68.0 cm³/mol. The van der Waals surface area contributed by atoms with E-state index in [1.165, 1.54) is 9.58 Å². The number of urea groups is 1. The van der Waals surface area contributed by atoms with Crippen LogP contribution in [0.3, 0.4) is 0 Å². The largest absolute Gasteiger partial charge is 0.481 e. The molecular formula is C11H15N5O4. The molecule has 1 aromatic heterocycles. The van der Waals surface area contributed by atoms with Crippen LogP contribution in [0.5, 0.6) is 0 Å². The molecule has 0 bridgehead atoms. The molecule has 0 radical (unpaired) electrons. The maximum atomic E-state index is 12.1. The number of hydrogen-bond acceptors (Lipinski definition) is 4. The molecule has 1 fully saturated rings. The first kappa shape index (κ1) is 13.8. The Labute approximate surface area is 114 Å². The average Bonchev–Trinajstić information content (AvgIpc) is 2.76. The van der Waals surface area contributed by atoms with E-state index in [1.807, 2.05) is 0 Å². The minimum Gasteiger partial charge on any atom is -0.481 e. The maximum absolute atomic E-state index is 12.1. The first-order valence-electron chi connectivity index (χ1n) is 6.04. The Morgan fingerprint density at radius 3 is 2.95 bits per heavy atom. The number of nitrogens with zero attached hydrogens (tertiary/aromatic N) is 3. The lowest BCUT2D eigenvalue weighted by Gasteiger charge is -2.33. The summed E-state index contributed by atoms with van der Waals surface area (Å²) in [4.78, 5) is 35.8. The van der Waals surface area contributed by atoms with Crippen LogP contribution >= 0.6 is 0 Å². The van der Waals surface area contributed by atoms with Gasteiger partial charge in [-0.1, -0.05) is 0 Å². The highest BCUT2D eigenvalue weighted by molar-refractivity contribution is 5.95. The fourth-order valence-corrected chi connectivity index (χ4v) is 1.99. The van der Waals surface area contributed by atoms with Gasteiger partial charge in [-0.2, -0.15) is 5.10 Å². The van der Waals surface area contributed by atoms with E-state index in [1.54, 1.807) is 19.3 Å². The Kier molecular flexibility index (Phi) is 3.87. The van der Waals surface area contributed by atoms with Crippen molar-refractivity contribution in [2.45, 2.75) is 12.5 Å². The van der Waals surface area contributed by atoms with Crippen molar-refractivity contribution in [1.82, 2.24) is 20.0 Å². The molecule has 3 N–H and O–H groups in total. The second-order valence-corrected chi connectivity index (χ2v) is 4.40. The van der Waals surface area contributed by atoms with E-state index >= 15 is 0 Å². The number of hydrogen-bond donors (Lipinski definition) is 3. The van der Waals surface area contributed by atoms with Crippen molar-refractivity contribution >= 4 is 23.7 Å². The molecule has 1 saturated heterocycles. The average molecular weight is 281 g/mol. The van der Waals surface area contributed by atoms with Crippen LogP contribution in [-0.4, -0.2) is 56.8 Å². The van der Waals surface area contributed by atoms with Gasteiger partial charge in [-0.15, -0.1) is 0 Å². The van der Waals surface area contributed by atoms with Gasteiger partial charge >= 0.3 is 12.0 Å². The Morgan fingerprint density at radius 2 is 2.35 bits per heavy atom. The Hall–Kier alpha value is -2.58. The van der Waals surface area contributed by atoms with Gasteiger partial charge in [0.05, 0.1) is 6.42 Å². The van der Waals surface area contributed by atoms with E-state index in [4.69, 9.17) is 5.11 Å². The number of carbonyl (C=O) groups is 3. The summed E-state index contributed by atoms with van der Waals surface area (Å²) in [5, 5.41) is 17.9. The summed E-state index contributed by atoms with van der Waals surface area (Å²) in [5.74, 6) is -1.25. The third-order valence-corrected chi connectivity index (χ3v) is 2.91. The van der Waals surface area contributed by atoms with Crippen molar-refractivity contribution in [1.29, 1.82) is 0 Å². The lowest BCUT2D eigenvalue weighted by atomic mass is 10.1. The zero-order valence-electron chi connectivity index (χ0n) is 10.9. The number of piperazine rings is 1. The fraction of sp³-hybridized carbons (Fsp3) is 0.455. The number of aliphatic carboxylic acids is 1. The van der Waals surface area contributed by atoms with Crippen molar-refractivity contribution in [3.05, 3.63) is 12.3 Å². The third-order valence-electron chi connectivity index (χ3n) is 2.91. The second kappa shape index (κ2) is 5.59. The first-order valence-corrected chi connectivity index (χ1v) is 6.04. The van der Waals surface area contributed by atoms with Crippen LogP contribution in [0.4, 0.5) is 10.6 Å². The van der Waals surface area contributed by atoms with Gasteiger partial charge < -0.3 is 15.3 Å². The highest BCUT2D eigenvalue weighted by Crippen LogP contribution is 2.12. The summed E-state index contributed by atoms with van der Waals surface area (Å²) in [6.45, 7) is 0.549. The molecule has 1 unspecified atom stereocenters. The quantitative estimate of drug-likeness (QED) is 0.672. The van der Waals surface area contributed by atoms with Crippen molar-refractivity contribution in [3.63, 3.8) is 0 Å². The standard InChI is InChI=1S/C11H15N5O4/c1-15-4-2-8(14-15)13-11(20)16-5-3-12-10(19)7(16)6-9(17)18/h2,4,7H,3,5-6H2,1H3,(H,12,19)(H,17,18)(H,13,14,20). The fourth-order valence-electron chi connectivity index (χ4n) is 1.99. The van der Waals surface area contributed by atoms with Gasteiger partial charge in [0.2, 0.25) is 5.91 Å². The summed E-state index contributed by atoms with van der Waals surface area (Å²) < 4.78 is 1.52. The highest BCUT2D eigenvalue weighted by atomic mass is 16.4. The molecule has 1 atom stereocenters. The molecule has 1 aromatic rings. The molecule has 2 rings (SSSR count). The number of carboxylic acids is 1. The van der Waals surface area contributed by atoms with E-state index < -0.39 is 30.4 Å². The lowest BCUT2D eigenvalue weighted by Crippen LogP contribution is -2.58. The van der Waals surface area contributed by atoms with E-state index in [0.29, 0.717) is 12.4 Å². The van der Waals surface area contributed by atoms with E-state index in [2.05, 4.69) is 15.7 Å². The lowest BCUT2D eigenvalue weighted by molar-refractivity contribution is -0.142. The molecule has 1 aliphatic rings. The Morgan fingerprint density at radius 1 is 1.60 bits per heavy atom. The summed E-state index contributed by atoms with van der Waals surface area (Å²) >= 11 is 0. The van der Waals surface area contributed by atoms with Crippen LogP contribution in [0.15, 0.2) is 12.3 Å². The second-order valence-electron chi connectivity index (χ2n) is 4.40. The van der Waals surface area contributed by atoms with Gasteiger partial charge in [-0.3, -0.25) is 19.6 Å². The van der Waals surface area contributed by atoms with Crippen LogP contribution in [0, 0.1) is 0 Å². The van der Waals surface area contributed by atoms with E-state index in [9.17, 15) is 14.4 Å². The molecule has 3 amide bonds. The summed E-state index contributed by atoms with van der Waals surface area (Å²) in [5.41, 5.74) is 0. The van der Waals surface area contributed by atoms with Gasteiger partial charge in [0.1, 0.15) is 6.04 Å². The molecule has 0 aliphatic carbocycles. The maximum Gasteiger partial charge on any atom is 0.323 e. The monoisotopic (exact) mass is 281 g/mol. The van der Waals surface area contributed by atoms with Crippen LogP contribution in [0.2, 0.25) is 0 Å². The summed E-state index contributed by atoms with van der Waals surface area (Å²) in [6, 6.07) is 0.0588. The number of nitrogens with one attached hydrogen (secondary N) is 2. The molecule has 0 aromatic carbocycles.